The Balaban J connectivity index is 1.24. The first-order valence-corrected chi connectivity index (χ1v) is 11.9. The molecule has 2 fully saturated rings. The Hall–Kier alpha value is -4.06. The van der Waals surface area contributed by atoms with E-state index in [1.807, 2.05) is 13.2 Å². The summed E-state index contributed by atoms with van der Waals surface area (Å²) in [6.45, 7) is 1.06. The molecule has 3 atom stereocenters. The molecule has 5 rings (SSSR count). The molecule has 2 bridgehead atoms. The second-order valence-electron chi connectivity index (χ2n) is 9.38. The second kappa shape index (κ2) is 10.0. The largest absolute Gasteiger partial charge is 0.573 e. The smallest absolute Gasteiger partial charge is 0.486 e. The molecule has 3 aromatic rings. The van der Waals surface area contributed by atoms with Gasteiger partial charge in [0.1, 0.15) is 23.7 Å². The van der Waals surface area contributed by atoms with E-state index in [0.29, 0.717) is 30.2 Å². The van der Waals surface area contributed by atoms with Crippen molar-refractivity contribution in [3.63, 3.8) is 0 Å². The molecule has 0 saturated carbocycles. The van der Waals surface area contributed by atoms with E-state index in [0.717, 1.165) is 5.56 Å². The summed E-state index contributed by atoms with van der Waals surface area (Å²) in [6.07, 6.45) is -2.05. The number of hydrogen-bond acceptors (Lipinski definition) is 6. The van der Waals surface area contributed by atoms with Gasteiger partial charge in [-0.3, -0.25) is 9.59 Å². The number of nitrogens with two attached hydrogens (primary N) is 1. The van der Waals surface area contributed by atoms with Crippen molar-refractivity contribution in [3.8, 4) is 22.8 Å². The average Bonchev–Trinajstić information content (AvgIpc) is 3.38. The first kappa shape index (κ1) is 25.6. The van der Waals surface area contributed by atoms with Crippen LogP contribution in [0.2, 0.25) is 0 Å². The van der Waals surface area contributed by atoms with Gasteiger partial charge in [0.25, 0.3) is 5.91 Å². The maximum atomic E-state index is 12.9. The van der Waals surface area contributed by atoms with Crippen LogP contribution in [0.1, 0.15) is 15.9 Å². The van der Waals surface area contributed by atoms with Crippen molar-refractivity contribution in [1.29, 1.82) is 0 Å². The van der Waals surface area contributed by atoms with Crippen LogP contribution in [-0.4, -0.2) is 64.5 Å². The van der Waals surface area contributed by atoms with Crippen LogP contribution >= 0.6 is 0 Å². The van der Waals surface area contributed by atoms with Gasteiger partial charge in [0.2, 0.25) is 5.91 Å². The summed E-state index contributed by atoms with van der Waals surface area (Å²) in [5, 5.41) is 0. The number of imidazole rings is 1. The Morgan fingerprint density at radius 3 is 2.55 bits per heavy atom. The minimum Gasteiger partial charge on any atom is -0.486 e. The van der Waals surface area contributed by atoms with Crippen molar-refractivity contribution >= 4 is 11.8 Å². The molecule has 38 heavy (non-hydrogen) atoms. The summed E-state index contributed by atoms with van der Waals surface area (Å²) in [6, 6.07) is 10.4. The standard InChI is InChI=1S/C26H25F3N4O5/c1-32-11-20(31-14-32)16-4-7-21(19(9-16)25(30)35)37-24-17-10-33(12-22(24)36-13-17)23(34)8-15-2-5-18(6-3-15)38-26(27,28)29/h2-7,9,11,14,17,22,24H,8,10,12-13H2,1H3,(H2,30,35)/t17-,22-,24-/m0/s1. The van der Waals surface area contributed by atoms with E-state index in [2.05, 4.69) is 9.72 Å². The first-order chi connectivity index (χ1) is 18.1. The number of primary amides is 1. The van der Waals surface area contributed by atoms with Gasteiger partial charge in [0, 0.05) is 31.3 Å². The number of aryl methyl sites for hydroxylation is 1. The molecule has 2 saturated heterocycles. The maximum Gasteiger partial charge on any atom is 0.573 e. The van der Waals surface area contributed by atoms with Crippen LogP contribution < -0.4 is 15.2 Å². The van der Waals surface area contributed by atoms with Gasteiger partial charge in [0.05, 0.1) is 37.2 Å². The monoisotopic (exact) mass is 530 g/mol. The quantitative estimate of drug-likeness (QED) is 0.503. The SMILES string of the molecule is Cn1cnc(-c2ccc(O[C@H]3[C@@H]4CO[C@H]3CN(C(=O)Cc3ccc(OC(F)(F)F)cc3)C4)c(C(N)=O)c2)c1. The average molecular weight is 531 g/mol. The molecular formula is C26H25F3N4O5. The summed E-state index contributed by atoms with van der Waals surface area (Å²) in [4.78, 5) is 31.1. The molecule has 2 aliphatic heterocycles. The van der Waals surface area contributed by atoms with Gasteiger partial charge < -0.3 is 29.4 Å². The van der Waals surface area contributed by atoms with E-state index in [1.165, 1.54) is 24.3 Å². The number of carbonyl (C=O) groups excluding carboxylic acids is 2. The van der Waals surface area contributed by atoms with E-state index >= 15 is 0 Å². The molecule has 0 spiro atoms. The molecule has 1 aromatic heterocycles. The maximum absolute atomic E-state index is 12.9. The third-order valence-corrected chi connectivity index (χ3v) is 6.58. The van der Waals surface area contributed by atoms with Crippen LogP contribution in [-0.2, 0) is 23.0 Å². The van der Waals surface area contributed by atoms with E-state index in [9.17, 15) is 22.8 Å². The van der Waals surface area contributed by atoms with Gasteiger partial charge in [-0.2, -0.15) is 0 Å². The number of aromatic nitrogens is 2. The number of halogens is 3. The summed E-state index contributed by atoms with van der Waals surface area (Å²) < 4.78 is 54.9. The van der Waals surface area contributed by atoms with Gasteiger partial charge in [-0.05, 0) is 35.9 Å². The lowest BCUT2D eigenvalue weighted by Crippen LogP contribution is -2.52. The molecule has 2 N–H and O–H groups in total. The number of amides is 2. The van der Waals surface area contributed by atoms with Gasteiger partial charge in [-0.25, -0.2) is 4.98 Å². The minimum absolute atomic E-state index is 0.0259. The normalized spacial score (nSPS) is 20.8. The van der Waals surface area contributed by atoms with Crippen LogP contribution in [0.15, 0.2) is 55.0 Å². The van der Waals surface area contributed by atoms with E-state index < -0.39 is 18.4 Å². The number of piperidine rings is 1. The lowest BCUT2D eigenvalue weighted by Gasteiger charge is -2.36. The second-order valence-corrected chi connectivity index (χ2v) is 9.38. The Labute approximate surface area is 215 Å². The van der Waals surface area contributed by atoms with Crippen LogP contribution in [0.3, 0.4) is 0 Å². The third-order valence-electron chi connectivity index (χ3n) is 6.58. The highest BCUT2D eigenvalue weighted by atomic mass is 19.4. The lowest BCUT2D eigenvalue weighted by atomic mass is 9.95. The van der Waals surface area contributed by atoms with E-state index in [1.54, 1.807) is 34.0 Å². The van der Waals surface area contributed by atoms with Gasteiger partial charge >= 0.3 is 6.36 Å². The van der Waals surface area contributed by atoms with Crippen molar-refractivity contribution in [1.82, 2.24) is 14.5 Å². The highest BCUT2D eigenvalue weighted by molar-refractivity contribution is 5.97. The number of carbonyl (C=O) groups is 2. The topological polar surface area (TPSA) is 109 Å². The van der Waals surface area contributed by atoms with E-state index in [-0.39, 0.29) is 42.2 Å². The zero-order chi connectivity index (χ0) is 27.0. The highest BCUT2D eigenvalue weighted by Crippen LogP contribution is 2.34. The fraction of sp³-hybridized carbons (Fsp3) is 0.346. The molecule has 0 unspecified atom stereocenters. The molecule has 0 radical (unpaired) electrons. The van der Waals surface area contributed by atoms with Crippen LogP contribution in [0, 0.1) is 5.92 Å². The number of nitrogens with zero attached hydrogens (tertiary/aromatic N) is 3. The first-order valence-electron chi connectivity index (χ1n) is 11.9. The predicted octanol–water partition coefficient (Wildman–Crippen LogP) is 2.93. The van der Waals surface area contributed by atoms with Crippen molar-refractivity contribution in [2.24, 2.45) is 18.7 Å². The van der Waals surface area contributed by atoms with Crippen molar-refractivity contribution in [2.45, 2.75) is 25.0 Å². The number of ether oxygens (including phenoxy) is 3. The number of likely N-dealkylation sites (tertiary alicyclic amines) is 1. The van der Waals surface area contributed by atoms with Crippen molar-refractivity contribution in [3.05, 3.63) is 66.1 Å². The fourth-order valence-electron chi connectivity index (χ4n) is 4.79. The Morgan fingerprint density at radius 1 is 1.16 bits per heavy atom. The Kier molecular flexibility index (Phi) is 6.74. The molecule has 0 aliphatic carbocycles. The van der Waals surface area contributed by atoms with Crippen LogP contribution in [0.5, 0.6) is 11.5 Å². The number of fused-ring (bicyclic) bond motifs is 2. The zero-order valence-corrected chi connectivity index (χ0v) is 20.4. The van der Waals surface area contributed by atoms with Crippen LogP contribution in [0.4, 0.5) is 13.2 Å². The molecule has 12 heteroatoms. The molecule has 2 aromatic carbocycles. The van der Waals surface area contributed by atoms with Gasteiger partial charge in [0.15, 0.2) is 0 Å². The molecule has 200 valence electrons. The Morgan fingerprint density at radius 2 is 1.92 bits per heavy atom. The minimum atomic E-state index is -4.78. The lowest BCUT2D eigenvalue weighted by molar-refractivity contribution is -0.274. The van der Waals surface area contributed by atoms with Crippen molar-refractivity contribution in [2.75, 3.05) is 19.7 Å². The van der Waals surface area contributed by atoms with Crippen molar-refractivity contribution < 1.29 is 37.0 Å². The summed E-state index contributed by atoms with van der Waals surface area (Å²) in [5.41, 5.74) is 7.85. The molecule has 3 heterocycles. The summed E-state index contributed by atoms with van der Waals surface area (Å²) >= 11 is 0. The van der Waals surface area contributed by atoms with E-state index in [4.69, 9.17) is 15.2 Å². The molecular weight excluding hydrogens is 505 g/mol. The third kappa shape index (κ3) is 5.59. The summed E-state index contributed by atoms with van der Waals surface area (Å²) in [5.74, 6) is -0.946. The number of benzene rings is 2. The molecule has 2 aliphatic rings. The summed E-state index contributed by atoms with van der Waals surface area (Å²) in [7, 11) is 1.85. The van der Waals surface area contributed by atoms with Gasteiger partial charge in [-0.15, -0.1) is 13.2 Å². The van der Waals surface area contributed by atoms with Gasteiger partial charge in [-0.1, -0.05) is 12.1 Å². The van der Waals surface area contributed by atoms with Crippen LogP contribution in [0.25, 0.3) is 11.3 Å². The number of hydrogen-bond donors (Lipinski definition) is 1. The Bertz CT molecular complexity index is 1330. The fourth-order valence-corrected chi connectivity index (χ4v) is 4.79. The molecule has 2 amide bonds. The highest BCUT2D eigenvalue weighted by Gasteiger charge is 2.46. The predicted molar refractivity (Wildman–Crippen MR) is 128 cm³/mol. The number of rotatable bonds is 7. The zero-order valence-electron chi connectivity index (χ0n) is 20.4. The number of alkyl halides is 3. The molecule has 9 nitrogen and oxygen atoms in total.